The van der Waals surface area contributed by atoms with Gasteiger partial charge in [0, 0.05) is 34.1 Å². The third kappa shape index (κ3) is 3.91. The first-order chi connectivity index (χ1) is 13.7. The van der Waals surface area contributed by atoms with Gasteiger partial charge in [-0.3, -0.25) is 14.5 Å². The Morgan fingerprint density at radius 3 is 2.93 bits per heavy atom. The highest BCUT2D eigenvalue weighted by Crippen LogP contribution is 2.31. The van der Waals surface area contributed by atoms with E-state index in [2.05, 4.69) is 15.3 Å². The van der Waals surface area contributed by atoms with Crippen molar-refractivity contribution in [1.29, 1.82) is 0 Å². The van der Waals surface area contributed by atoms with Crippen LogP contribution in [0.25, 0.3) is 21.8 Å². The number of hydrogen-bond acceptors (Lipinski definition) is 5. The van der Waals surface area contributed by atoms with Crippen molar-refractivity contribution in [1.82, 2.24) is 14.9 Å². The molecule has 2 aromatic heterocycles. The number of carbonyl (C=O) groups is 2. The number of rotatable bonds is 4. The Hall–Kier alpha value is -2.68. The molecule has 3 heterocycles. The number of pyridine rings is 1. The van der Waals surface area contributed by atoms with Gasteiger partial charge in [-0.2, -0.15) is 0 Å². The Morgan fingerprint density at radius 2 is 2.17 bits per heavy atom. The minimum Gasteiger partial charge on any atom is -0.480 e. The van der Waals surface area contributed by atoms with Crippen molar-refractivity contribution >= 4 is 51.1 Å². The van der Waals surface area contributed by atoms with Crippen molar-refractivity contribution in [2.24, 2.45) is 0 Å². The van der Waals surface area contributed by atoms with E-state index in [0.29, 0.717) is 22.9 Å². The molecule has 1 fully saturated rings. The smallest absolute Gasteiger partial charge is 0.317 e. The number of amides is 1. The number of carboxylic acids is 1. The Balaban J connectivity index is 1.64. The number of H-pyrrole nitrogens is 1. The molecule has 0 radical (unpaired) electrons. The number of hydrogen-bond donors (Lipinski definition) is 3. The number of aromatic nitrogens is 2. The number of nitrogens with zero attached hydrogens (tertiary/aromatic N) is 2. The molecule has 1 saturated heterocycles. The first-order valence-corrected chi connectivity index (χ1v) is 9.58. The number of anilines is 1. The summed E-state index contributed by atoms with van der Waals surface area (Å²) in [6, 6.07) is 6.64. The lowest BCUT2D eigenvalue weighted by atomic mass is 10.0. The van der Waals surface area contributed by atoms with Crippen LogP contribution in [0.4, 0.5) is 5.82 Å². The summed E-state index contributed by atoms with van der Waals surface area (Å²) in [5.74, 6) is -0.980. The lowest BCUT2D eigenvalue weighted by molar-refractivity contribution is -0.153. The second kappa shape index (κ2) is 7.29. The SMILES string of the molecule is CC1(C)CN(CC(=O)O)C(C(=O)Nc2nccc3c2[nH]c2ccc(Cl)cc23)CO1. The van der Waals surface area contributed by atoms with Gasteiger partial charge < -0.3 is 20.1 Å². The number of carboxylic acid groups (broad SMARTS) is 1. The van der Waals surface area contributed by atoms with Gasteiger partial charge in [0.25, 0.3) is 0 Å². The highest BCUT2D eigenvalue weighted by molar-refractivity contribution is 6.32. The van der Waals surface area contributed by atoms with Gasteiger partial charge >= 0.3 is 5.97 Å². The van der Waals surface area contributed by atoms with E-state index >= 15 is 0 Å². The van der Waals surface area contributed by atoms with Gasteiger partial charge in [0.1, 0.15) is 6.04 Å². The summed E-state index contributed by atoms with van der Waals surface area (Å²) in [6.07, 6.45) is 1.61. The van der Waals surface area contributed by atoms with Gasteiger partial charge in [0.2, 0.25) is 5.91 Å². The lowest BCUT2D eigenvalue weighted by Crippen LogP contribution is -2.59. The fourth-order valence-corrected chi connectivity index (χ4v) is 3.90. The fraction of sp³-hybridized carbons (Fsp3) is 0.350. The molecular formula is C20H21ClN4O4. The van der Waals surface area contributed by atoms with E-state index in [1.165, 1.54) is 0 Å². The Bertz CT molecular complexity index is 1110. The standard InChI is InChI=1S/C20H21ClN4O4/c1-20(2)10-25(8-16(26)27)15(9-29-20)19(28)24-18-17-12(5-6-22-18)13-7-11(21)3-4-14(13)23-17/h3-7,15,23H,8-10H2,1-2H3,(H,26,27)(H,22,24,28). The van der Waals surface area contributed by atoms with Crippen LogP contribution in [0, 0.1) is 0 Å². The van der Waals surface area contributed by atoms with Crippen LogP contribution in [-0.2, 0) is 14.3 Å². The monoisotopic (exact) mass is 416 g/mol. The molecule has 1 aliphatic rings. The Morgan fingerprint density at radius 1 is 1.38 bits per heavy atom. The highest BCUT2D eigenvalue weighted by atomic mass is 35.5. The minimum atomic E-state index is -0.992. The van der Waals surface area contributed by atoms with Crippen LogP contribution in [0.1, 0.15) is 13.8 Å². The van der Waals surface area contributed by atoms with Crippen LogP contribution in [0.15, 0.2) is 30.5 Å². The molecular weight excluding hydrogens is 396 g/mol. The van der Waals surface area contributed by atoms with Crippen LogP contribution < -0.4 is 5.32 Å². The molecule has 4 rings (SSSR count). The van der Waals surface area contributed by atoms with E-state index in [1.54, 1.807) is 17.2 Å². The number of fused-ring (bicyclic) bond motifs is 3. The second-order valence-electron chi connectivity index (χ2n) is 7.77. The zero-order valence-electron chi connectivity index (χ0n) is 16.0. The summed E-state index contributed by atoms with van der Waals surface area (Å²) in [4.78, 5) is 33.4. The van der Waals surface area contributed by atoms with Crippen molar-refractivity contribution in [3.8, 4) is 0 Å². The number of carbonyl (C=O) groups excluding carboxylic acids is 1. The predicted molar refractivity (Wildman–Crippen MR) is 110 cm³/mol. The summed E-state index contributed by atoms with van der Waals surface area (Å²) in [5.41, 5.74) is 1.03. The van der Waals surface area contributed by atoms with Crippen LogP contribution >= 0.6 is 11.6 Å². The average Bonchev–Trinajstić information content (AvgIpc) is 2.99. The van der Waals surface area contributed by atoms with Gasteiger partial charge in [-0.25, -0.2) is 4.98 Å². The molecule has 3 aromatic rings. The van der Waals surface area contributed by atoms with E-state index in [-0.39, 0.29) is 19.1 Å². The number of ether oxygens (including phenoxy) is 1. The molecule has 0 saturated carbocycles. The van der Waals surface area contributed by atoms with Crippen molar-refractivity contribution in [2.75, 3.05) is 25.0 Å². The number of aromatic amines is 1. The summed E-state index contributed by atoms with van der Waals surface area (Å²) < 4.78 is 5.76. The topological polar surface area (TPSA) is 108 Å². The van der Waals surface area contributed by atoms with E-state index in [9.17, 15) is 14.7 Å². The molecule has 1 aliphatic heterocycles. The molecule has 8 nitrogen and oxygen atoms in total. The Kier molecular flexibility index (Phi) is 4.94. The maximum absolute atomic E-state index is 13.0. The molecule has 0 spiro atoms. The van der Waals surface area contributed by atoms with E-state index in [1.807, 2.05) is 32.0 Å². The first-order valence-electron chi connectivity index (χ1n) is 9.20. The average molecular weight is 417 g/mol. The summed E-state index contributed by atoms with van der Waals surface area (Å²) >= 11 is 6.12. The predicted octanol–water partition coefficient (Wildman–Crippen LogP) is 2.87. The summed E-state index contributed by atoms with van der Waals surface area (Å²) in [7, 11) is 0. The lowest BCUT2D eigenvalue weighted by Gasteiger charge is -2.42. The second-order valence-corrected chi connectivity index (χ2v) is 8.21. The largest absolute Gasteiger partial charge is 0.480 e. The number of benzene rings is 1. The number of morpholine rings is 1. The molecule has 1 amide bonds. The molecule has 3 N–H and O–H groups in total. The third-order valence-corrected chi connectivity index (χ3v) is 5.26. The Labute approximate surface area is 171 Å². The van der Waals surface area contributed by atoms with Crippen LogP contribution in [0.5, 0.6) is 0 Å². The fourth-order valence-electron chi connectivity index (χ4n) is 3.73. The van der Waals surface area contributed by atoms with Crippen LogP contribution in [0.3, 0.4) is 0 Å². The third-order valence-electron chi connectivity index (χ3n) is 5.02. The number of nitrogens with one attached hydrogen (secondary N) is 2. The molecule has 0 aliphatic carbocycles. The summed E-state index contributed by atoms with van der Waals surface area (Å²) in [5, 5.41) is 14.5. The van der Waals surface area contributed by atoms with E-state index in [0.717, 1.165) is 16.3 Å². The zero-order chi connectivity index (χ0) is 20.8. The molecule has 1 aromatic carbocycles. The van der Waals surface area contributed by atoms with Crippen molar-refractivity contribution in [3.05, 3.63) is 35.5 Å². The van der Waals surface area contributed by atoms with Crippen LogP contribution in [-0.4, -0.2) is 63.2 Å². The van der Waals surface area contributed by atoms with Gasteiger partial charge in [-0.05, 0) is 38.1 Å². The maximum Gasteiger partial charge on any atom is 0.317 e. The zero-order valence-corrected chi connectivity index (χ0v) is 16.8. The van der Waals surface area contributed by atoms with Gasteiger partial charge in [-0.15, -0.1) is 0 Å². The molecule has 1 atom stereocenters. The highest BCUT2D eigenvalue weighted by Gasteiger charge is 2.38. The quantitative estimate of drug-likeness (QED) is 0.603. The van der Waals surface area contributed by atoms with E-state index in [4.69, 9.17) is 16.3 Å². The molecule has 29 heavy (non-hydrogen) atoms. The summed E-state index contributed by atoms with van der Waals surface area (Å²) in [6.45, 7) is 3.93. The van der Waals surface area contributed by atoms with Gasteiger partial charge in [-0.1, -0.05) is 11.6 Å². The number of aliphatic carboxylic acids is 1. The van der Waals surface area contributed by atoms with Crippen LogP contribution in [0.2, 0.25) is 5.02 Å². The van der Waals surface area contributed by atoms with Crippen molar-refractivity contribution in [2.45, 2.75) is 25.5 Å². The van der Waals surface area contributed by atoms with Crippen molar-refractivity contribution in [3.63, 3.8) is 0 Å². The maximum atomic E-state index is 13.0. The molecule has 152 valence electrons. The molecule has 1 unspecified atom stereocenters. The van der Waals surface area contributed by atoms with Gasteiger partial charge in [0.05, 0.1) is 24.3 Å². The van der Waals surface area contributed by atoms with Gasteiger partial charge in [0.15, 0.2) is 5.82 Å². The van der Waals surface area contributed by atoms with E-state index < -0.39 is 17.6 Å². The minimum absolute atomic E-state index is 0.102. The normalized spacial score (nSPS) is 19.5. The molecule has 0 bridgehead atoms. The number of halogens is 1. The first kappa shape index (κ1) is 19.6. The van der Waals surface area contributed by atoms with Crippen molar-refractivity contribution < 1.29 is 19.4 Å². The molecule has 9 heteroatoms.